The van der Waals surface area contributed by atoms with Gasteiger partial charge in [-0.1, -0.05) is 92.8 Å². The van der Waals surface area contributed by atoms with E-state index in [-0.39, 0.29) is 10.8 Å². The van der Waals surface area contributed by atoms with Crippen molar-refractivity contribution >= 4 is 17.1 Å². The fourth-order valence-electron chi connectivity index (χ4n) is 5.22. The number of hydrogen-bond acceptors (Lipinski definition) is 1. The Labute approximate surface area is 199 Å². The molecule has 0 spiro atoms. The summed E-state index contributed by atoms with van der Waals surface area (Å²) in [5.41, 5.74) is 8.02. The van der Waals surface area contributed by atoms with E-state index in [1.807, 2.05) is 0 Å². The normalized spacial score (nSPS) is 20.3. The van der Waals surface area contributed by atoms with E-state index >= 15 is 0 Å². The molecule has 0 saturated carbocycles. The number of benzene rings is 2. The van der Waals surface area contributed by atoms with E-state index in [1.165, 1.54) is 33.9 Å². The summed E-state index contributed by atoms with van der Waals surface area (Å²) < 4.78 is 2.30. The number of fused-ring (bicyclic) bond motifs is 2. The molecule has 2 heterocycles. The van der Waals surface area contributed by atoms with Gasteiger partial charge in [-0.05, 0) is 31.6 Å². The molecule has 2 aliphatic rings. The SMILES string of the molecule is CN1/C(=C/C=C/C=C/C=C/C=C/C2=[N+](C)c3ccccc3C2(C)C)C(C)(C)c2ccccc21. The van der Waals surface area contributed by atoms with Gasteiger partial charge in [0.2, 0.25) is 5.69 Å². The number of hydrogen-bond donors (Lipinski definition) is 0. The van der Waals surface area contributed by atoms with Gasteiger partial charge >= 0.3 is 0 Å². The van der Waals surface area contributed by atoms with Crippen LogP contribution in [0.2, 0.25) is 0 Å². The molecule has 0 N–H and O–H groups in total. The summed E-state index contributed by atoms with van der Waals surface area (Å²) in [7, 11) is 4.30. The quantitative estimate of drug-likeness (QED) is 0.355. The molecule has 0 saturated heterocycles. The molecule has 33 heavy (non-hydrogen) atoms. The highest BCUT2D eigenvalue weighted by Crippen LogP contribution is 2.46. The van der Waals surface area contributed by atoms with Crippen LogP contribution in [-0.2, 0) is 10.8 Å². The van der Waals surface area contributed by atoms with E-state index in [2.05, 4.69) is 154 Å². The van der Waals surface area contributed by atoms with E-state index in [0.717, 1.165) is 0 Å². The Morgan fingerprint density at radius 2 is 1.27 bits per heavy atom. The van der Waals surface area contributed by atoms with Crippen LogP contribution in [0.3, 0.4) is 0 Å². The van der Waals surface area contributed by atoms with E-state index in [9.17, 15) is 0 Å². The number of nitrogens with zero attached hydrogens (tertiary/aromatic N) is 2. The van der Waals surface area contributed by atoms with Crippen LogP contribution in [0.15, 0.2) is 109 Å². The molecule has 4 rings (SSSR count). The summed E-state index contributed by atoms with van der Waals surface area (Å²) in [5, 5.41) is 0. The standard InChI is InChI=1S/C31H35N2/c1-30(2)24-18-14-16-20-26(24)32(5)28(30)22-12-10-8-7-9-11-13-23-29-31(3,4)25-19-15-17-21-27(25)33(29)6/h7-23H,1-6H3/q+1. The summed E-state index contributed by atoms with van der Waals surface area (Å²) in [4.78, 5) is 2.30. The van der Waals surface area contributed by atoms with Gasteiger partial charge in [0.25, 0.3) is 0 Å². The average molecular weight is 436 g/mol. The maximum Gasteiger partial charge on any atom is 0.209 e. The monoisotopic (exact) mass is 435 g/mol. The predicted molar refractivity (Wildman–Crippen MR) is 143 cm³/mol. The van der Waals surface area contributed by atoms with Crippen LogP contribution >= 0.6 is 0 Å². The molecule has 0 aromatic heterocycles. The zero-order valence-electron chi connectivity index (χ0n) is 20.7. The molecule has 2 heteroatoms. The Balaban J connectivity index is 1.38. The van der Waals surface area contributed by atoms with Gasteiger partial charge in [-0.15, -0.1) is 0 Å². The topological polar surface area (TPSA) is 6.25 Å². The van der Waals surface area contributed by atoms with Crippen LogP contribution in [0.4, 0.5) is 11.4 Å². The largest absolute Gasteiger partial charge is 0.347 e. The summed E-state index contributed by atoms with van der Waals surface area (Å²) in [6, 6.07) is 17.3. The second kappa shape index (κ2) is 8.86. The molecular formula is C31H35N2+. The van der Waals surface area contributed by atoms with Gasteiger partial charge in [-0.2, -0.15) is 4.58 Å². The number of rotatable bonds is 5. The lowest BCUT2D eigenvalue weighted by Gasteiger charge is -2.23. The maximum absolute atomic E-state index is 2.30. The average Bonchev–Trinajstić information content (AvgIpc) is 3.12. The number of para-hydroxylation sites is 2. The second-order valence-corrected chi connectivity index (χ2v) is 9.85. The van der Waals surface area contributed by atoms with Crippen molar-refractivity contribution in [2.45, 2.75) is 38.5 Å². The van der Waals surface area contributed by atoms with Gasteiger partial charge in [0.1, 0.15) is 7.05 Å². The zero-order chi connectivity index (χ0) is 23.6. The van der Waals surface area contributed by atoms with Gasteiger partial charge in [-0.3, -0.25) is 0 Å². The van der Waals surface area contributed by atoms with Crippen molar-refractivity contribution in [2.75, 3.05) is 19.0 Å². The summed E-state index contributed by atoms with van der Waals surface area (Å²) in [5.74, 6) is 0. The highest BCUT2D eigenvalue weighted by molar-refractivity contribution is 6.03. The minimum atomic E-state index is 0.0165. The van der Waals surface area contributed by atoms with Crippen molar-refractivity contribution in [1.29, 1.82) is 0 Å². The van der Waals surface area contributed by atoms with Gasteiger partial charge in [0.15, 0.2) is 5.71 Å². The number of anilines is 1. The van der Waals surface area contributed by atoms with Crippen LogP contribution in [-0.4, -0.2) is 24.4 Å². The lowest BCUT2D eigenvalue weighted by atomic mass is 9.81. The molecule has 2 nitrogen and oxygen atoms in total. The molecule has 0 aliphatic carbocycles. The van der Waals surface area contributed by atoms with Crippen LogP contribution in [0.1, 0.15) is 38.8 Å². The fraction of sp³-hybridized carbons (Fsp3) is 0.258. The van der Waals surface area contributed by atoms with Crippen molar-refractivity contribution in [3.05, 3.63) is 120 Å². The highest BCUT2D eigenvalue weighted by atomic mass is 15.2. The molecule has 0 atom stereocenters. The van der Waals surface area contributed by atoms with Crippen molar-refractivity contribution in [1.82, 2.24) is 0 Å². The van der Waals surface area contributed by atoms with Crippen molar-refractivity contribution in [2.24, 2.45) is 0 Å². The molecule has 0 unspecified atom stereocenters. The van der Waals surface area contributed by atoms with E-state index in [0.29, 0.717) is 0 Å². The van der Waals surface area contributed by atoms with Crippen LogP contribution < -0.4 is 4.90 Å². The molecule has 2 aromatic carbocycles. The second-order valence-electron chi connectivity index (χ2n) is 9.85. The minimum absolute atomic E-state index is 0.0165. The van der Waals surface area contributed by atoms with Crippen LogP contribution in [0.5, 0.6) is 0 Å². The predicted octanol–water partition coefficient (Wildman–Crippen LogP) is 7.23. The van der Waals surface area contributed by atoms with Crippen molar-refractivity contribution in [3.63, 3.8) is 0 Å². The maximum atomic E-state index is 2.30. The fourth-order valence-corrected chi connectivity index (χ4v) is 5.22. The Bertz CT molecular complexity index is 1230. The molecule has 168 valence electrons. The molecular weight excluding hydrogens is 400 g/mol. The van der Waals surface area contributed by atoms with Crippen molar-refractivity contribution < 1.29 is 4.58 Å². The van der Waals surface area contributed by atoms with Crippen LogP contribution in [0, 0.1) is 0 Å². The van der Waals surface area contributed by atoms with Gasteiger partial charge < -0.3 is 4.90 Å². The third-order valence-corrected chi connectivity index (χ3v) is 7.06. The third kappa shape index (κ3) is 4.06. The van der Waals surface area contributed by atoms with E-state index in [4.69, 9.17) is 0 Å². The summed E-state index contributed by atoms with van der Waals surface area (Å²) in [6.45, 7) is 9.16. The Morgan fingerprint density at radius 3 is 1.94 bits per heavy atom. The first-order chi connectivity index (χ1) is 15.8. The Morgan fingerprint density at radius 1 is 0.697 bits per heavy atom. The first-order valence-electron chi connectivity index (χ1n) is 11.7. The van der Waals surface area contributed by atoms with Gasteiger partial charge in [-0.25, -0.2) is 0 Å². The van der Waals surface area contributed by atoms with E-state index < -0.39 is 0 Å². The summed E-state index contributed by atoms with van der Waals surface area (Å²) >= 11 is 0. The van der Waals surface area contributed by atoms with E-state index in [1.54, 1.807) is 0 Å². The zero-order valence-corrected chi connectivity index (χ0v) is 20.7. The lowest BCUT2D eigenvalue weighted by molar-refractivity contribution is -0.401. The third-order valence-electron chi connectivity index (χ3n) is 7.06. The summed E-state index contributed by atoms with van der Waals surface area (Å²) in [6.07, 6.45) is 19.1. The molecule has 2 aromatic rings. The first kappa shape index (κ1) is 22.8. The minimum Gasteiger partial charge on any atom is -0.347 e. The Hall–Kier alpha value is -3.39. The number of likely N-dealkylation sites (N-methyl/N-ethyl adjacent to an activating group) is 1. The lowest BCUT2D eigenvalue weighted by Crippen LogP contribution is -2.26. The van der Waals surface area contributed by atoms with Gasteiger partial charge in [0.05, 0.1) is 5.41 Å². The smallest absolute Gasteiger partial charge is 0.209 e. The van der Waals surface area contributed by atoms with Crippen molar-refractivity contribution in [3.8, 4) is 0 Å². The first-order valence-corrected chi connectivity index (χ1v) is 11.7. The van der Waals surface area contributed by atoms with Crippen LogP contribution in [0.25, 0.3) is 0 Å². The Kier molecular flexibility index (Phi) is 6.12. The molecule has 2 aliphatic heterocycles. The molecule has 0 fully saturated rings. The molecule has 0 amide bonds. The highest BCUT2D eigenvalue weighted by Gasteiger charge is 2.42. The van der Waals surface area contributed by atoms with Gasteiger partial charge in [0, 0.05) is 41.6 Å². The number of allylic oxidation sites excluding steroid dienone is 10. The molecule has 0 bridgehead atoms. The molecule has 0 radical (unpaired) electrons.